The van der Waals surface area contributed by atoms with Gasteiger partial charge in [-0.05, 0) is 32.7 Å². The summed E-state index contributed by atoms with van der Waals surface area (Å²) < 4.78 is 5.77. The highest BCUT2D eigenvalue weighted by Crippen LogP contribution is 2.16. The molecule has 1 atom stereocenters. The fourth-order valence-electron chi connectivity index (χ4n) is 2.44. The Labute approximate surface area is 121 Å². The van der Waals surface area contributed by atoms with E-state index >= 15 is 0 Å². The van der Waals surface area contributed by atoms with E-state index in [1.807, 2.05) is 20.2 Å². The van der Waals surface area contributed by atoms with Crippen molar-refractivity contribution in [2.75, 3.05) is 31.6 Å². The molecule has 1 saturated heterocycles. The first-order chi connectivity index (χ1) is 9.70. The summed E-state index contributed by atoms with van der Waals surface area (Å²) >= 11 is 0. The molecule has 2 rings (SSSR count). The van der Waals surface area contributed by atoms with Gasteiger partial charge in [0.1, 0.15) is 0 Å². The molecule has 0 aliphatic carbocycles. The van der Waals surface area contributed by atoms with Gasteiger partial charge in [-0.25, -0.2) is 9.97 Å². The quantitative estimate of drug-likeness (QED) is 0.861. The second-order valence-corrected chi connectivity index (χ2v) is 5.43. The maximum absolute atomic E-state index is 5.77. The molecule has 5 nitrogen and oxygen atoms in total. The predicted octanol–water partition coefficient (Wildman–Crippen LogP) is 1.90. The number of likely N-dealkylation sites (N-methyl/N-ethyl adjacent to an activating group) is 1. The van der Waals surface area contributed by atoms with Crippen molar-refractivity contribution in [2.24, 2.45) is 0 Å². The standard InChI is InChI=1S/C15H26N4O/c1-4-16-9-13-10-17-15(18-12(13)2)19(3)11-14-7-5-6-8-20-14/h10,14,16H,4-9,11H2,1-3H3. The summed E-state index contributed by atoms with van der Waals surface area (Å²) in [5, 5.41) is 3.31. The van der Waals surface area contributed by atoms with Gasteiger partial charge in [0, 0.05) is 44.2 Å². The van der Waals surface area contributed by atoms with Crippen molar-refractivity contribution in [3.05, 3.63) is 17.5 Å². The Balaban J connectivity index is 1.95. The lowest BCUT2D eigenvalue weighted by Gasteiger charge is -2.27. The number of ether oxygens (including phenoxy) is 1. The lowest BCUT2D eigenvalue weighted by Crippen LogP contribution is -2.34. The molecule has 112 valence electrons. The van der Waals surface area contributed by atoms with Crippen LogP contribution < -0.4 is 10.2 Å². The molecule has 1 fully saturated rings. The molecular formula is C15H26N4O. The Morgan fingerprint density at radius 2 is 2.30 bits per heavy atom. The molecule has 20 heavy (non-hydrogen) atoms. The second-order valence-electron chi connectivity index (χ2n) is 5.43. The lowest BCUT2D eigenvalue weighted by atomic mass is 10.1. The van der Waals surface area contributed by atoms with Crippen LogP contribution in [-0.2, 0) is 11.3 Å². The minimum Gasteiger partial charge on any atom is -0.376 e. The third-order valence-electron chi connectivity index (χ3n) is 3.73. The number of anilines is 1. The molecule has 1 aliphatic rings. The monoisotopic (exact) mass is 278 g/mol. The zero-order valence-corrected chi connectivity index (χ0v) is 12.9. The maximum Gasteiger partial charge on any atom is 0.225 e. The van der Waals surface area contributed by atoms with Crippen LogP contribution >= 0.6 is 0 Å². The molecule has 0 bridgehead atoms. The number of hydrogen-bond acceptors (Lipinski definition) is 5. The molecular weight excluding hydrogens is 252 g/mol. The normalized spacial score (nSPS) is 19.1. The first-order valence-electron chi connectivity index (χ1n) is 7.56. The van der Waals surface area contributed by atoms with E-state index in [1.54, 1.807) is 0 Å². The highest BCUT2D eigenvalue weighted by atomic mass is 16.5. The Morgan fingerprint density at radius 1 is 1.45 bits per heavy atom. The summed E-state index contributed by atoms with van der Waals surface area (Å²) in [5.41, 5.74) is 2.21. The number of aromatic nitrogens is 2. The van der Waals surface area contributed by atoms with Crippen molar-refractivity contribution in [3.8, 4) is 0 Å². The van der Waals surface area contributed by atoms with E-state index < -0.39 is 0 Å². The van der Waals surface area contributed by atoms with Gasteiger partial charge in [-0.3, -0.25) is 0 Å². The Bertz CT molecular complexity index is 418. The summed E-state index contributed by atoms with van der Waals surface area (Å²) in [5.74, 6) is 0.789. The van der Waals surface area contributed by atoms with E-state index in [0.717, 1.165) is 49.9 Å². The van der Waals surface area contributed by atoms with Crippen LogP contribution in [0.5, 0.6) is 0 Å². The van der Waals surface area contributed by atoms with Gasteiger partial charge in [0.15, 0.2) is 0 Å². The Kier molecular flexibility index (Phi) is 5.73. The summed E-state index contributed by atoms with van der Waals surface area (Å²) in [6.45, 7) is 7.69. The van der Waals surface area contributed by atoms with Crippen LogP contribution in [0, 0.1) is 6.92 Å². The van der Waals surface area contributed by atoms with Gasteiger partial charge in [-0.1, -0.05) is 6.92 Å². The lowest BCUT2D eigenvalue weighted by molar-refractivity contribution is 0.0214. The molecule has 0 radical (unpaired) electrons. The number of rotatable bonds is 6. The molecule has 1 aromatic rings. The molecule has 0 saturated carbocycles. The molecule has 5 heteroatoms. The van der Waals surface area contributed by atoms with Crippen LogP contribution in [0.15, 0.2) is 6.20 Å². The van der Waals surface area contributed by atoms with Crippen molar-refractivity contribution in [1.82, 2.24) is 15.3 Å². The van der Waals surface area contributed by atoms with Gasteiger partial charge in [-0.2, -0.15) is 0 Å². The highest BCUT2D eigenvalue weighted by molar-refractivity contribution is 5.32. The van der Waals surface area contributed by atoms with Crippen molar-refractivity contribution >= 4 is 5.95 Å². The molecule has 1 unspecified atom stereocenters. The van der Waals surface area contributed by atoms with Crippen LogP contribution in [-0.4, -0.2) is 42.8 Å². The summed E-state index contributed by atoms with van der Waals surface area (Å²) in [6.07, 6.45) is 5.84. The molecule has 1 aliphatic heterocycles. The first kappa shape index (κ1) is 15.2. The molecule has 1 aromatic heterocycles. The van der Waals surface area contributed by atoms with E-state index in [-0.39, 0.29) is 0 Å². The molecule has 0 aromatic carbocycles. The SMILES string of the molecule is CCNCc1cnc(N(C)CC2CCCCO2)nc1C. The smallest absolute Gasteiger partial charge is 0.225 e. The van der Waals surface area contributed by atoms with E-state index in [0.29, 0.717) is 6.10 Å². The third kappa shape index (κ3) is 4.15. The fraction of sp³-hybridized carbons (Fsp3) is 0.733. The van der Waals surface area contributed by atoms with Crippen LogP contribution in [0.25, 0.3) is 0 Å². The topological polar surface area (TPSA) is 50.3 Å². The van der Waals surface area contributed by atoms with Crippen LogP contribution in [0.1, 0.15) is 37.4 Å². The second kappa shape index (κ2) is 7.55. The summed E-state index contributed by atoms with van der Waals surface area (Å²) in [4.78, 5) is 11.2. The third-order valence-corrected chi connectivity index (χ3v) is 3.73. The van der Waals surface area contributed by atoms with Gasteiger partial charge in [0.05, 0.1) is 6.10 Å². The number of aryl methyl sites for hydroxylation is 1. The first-order valence-corrected chi connectivity index (χ1v) is 7.56. The van der Waals surface area contributed by atoms with Crippen molar-refractivity contribution in [2.45, 2.75) is 45.8 Å². The van der Waals surface area contributed by atoms with E-state index in [9.17, 15) is 0 Å². The summed E-state index contributed by atoms with van der Waals surface area (Å²) in [7, 11) is 2.04. The van der Waals surface area contributed by atoms with Gasteiger partial charge >= 0.3 is 0 Å². The molecule has 0 spiro atoms. The van der Waals surface area contributed by atoms with Crippen molar-refractivity contribution < 1.29 is 4.74 Å². The van der Waals surface area contributed by atoms with Crippen LogP contribution in [0.3, 0.4) is 0 Å². The maximum atomic E-state index is 5.77. The van der Waals surface area contributed by atoms with E-state index in [4.69, 9.17) is 4.74 Å². The summed E-state index contributed by atoms with van der Waals surface area (Å²) in [6, 6.07) is 0. The van der Waals surface area contributed by atoms with Gasteiger partial charge in [-0.15, -0.1) is 0 Å². The molecule has 1 N–H and O–H groups in total. The average Bonchev–Trinajstić information content (AvgIpc) is 2.47. The number of nitrogens with one attached hydrogen (secondary N) is 1. The van der Waals surface area contributed by atoms with Crippen molar-refractivity contribution in [3.63, 3.8) is 0 Å². The zero-order valence-electron chi connectivity index (χ0n) is 12.9. The van der Waals surface area contributed by atoms with Crippen LogP contribution in [0.4, 0.5) is 5.95 Å². The Hall–Kier alpha value is -1.20. The van der Waals surface area contributed by atoms with Gasteiger partial charge in [0.25, 0.3) is 0 Å². The predicted molar refractivity (Wildman–Crippen MR) is 81.0 cm³/mol. The van der Waals surface area contributed by atoms with Gasteiger partial charge in [0.2, 0.25) is 5.95 Å². The largest absolute Gasteiger partial charge is 0.376 e. The fourth-order valence-corrected chi connectivity index (χ4v) is 2.44. The minimum atomic E-state index is 0.319. The number of hydrogen-bond donors (Lipinski definition) is 1. The van der Waals surface area contributed by atoms with Crippen molar-refractivity contribution in [1.29, 1.82) is 0 Å². The zero-order chi connectivity index (χ0) is 14.4. The number of nitrogens with zero attached hydrogens (tertiary/aromatic N) is 3. The molecule has 0 amide bonds. The van der Waals surface area contributed by atoms with Gasteiger partial charge < -0.3 is 15.0 Å². The van der Waals surface area contributed by atoms with E-state index in [2.05, 4.69) is 27.1 Å². The minimum absolute atomic E-state index is 0.319. The Morgan fingerprint density at radius 3 is 2.95 bits per heavy atom. The molecule has 2 heterocycles. The average molecular weight is 278 g/mol. The van der Waals surface area contributed by atoms with Crippen LogP contribution in [0.2, 0.25) is 0 Å². The van der Waals surface area contributed by atoms with E-state index in [1.165, 1.54) is 12.8 Å². The highest BCUT2D eigenvalue weighted by Gasteiger charge is 2.17.